The molecule has 0 aliphatic heterocycles. The Labute approximate surface area is 139 Å². The fourth-order valence-electron chi connectivity index (χ4n) is 2.43. The van der Waals surface area contributed by atoms with Gasteiger partial charge in [-0.3, -0.25) is 0 Å². The zero-order valence-corrected chi connectivity index (χ0v) is 12.8. The third-order valence-corrected chi connectivity index (χ3v) is 3.58. The first-order valence-corrected chi connectivity index (χ1v) is 7.43. The number of hydrogen-bond donors (Lipinski definition) is 1. The van der Waals surface area contributed by atoms with Crippen LogP contribution >= 0.6 is 0 Å². The van der Waals surface area contributed by atoms with Gasteiger partial charge >= 0.3 is 5.97 Å². The van der Waals surface area contributed by atoms with Gasteiger partial charge in [0.15, 0.2) is 0 Å². The van der Waals surface area contributed by atoms with Gasteiger partial charge in [-0.15, -0.1) is 0 Å². The molecule has 3 aromatic carbocycles. The molecule has 0 fully saturated rings. The van der Waals surface area contributed by atoms with Crippen molar-refractivity contribution in [3.63, 3.8) is 0 Å². The quantitative estimate of drug-likeness (QED) is 0.736. The van der Waals surface area contributed by atoms with E-state index in [1.807, 2.05) is 36.4 Å². The van der Waals surface area contributed by atoms with Crippen molar-refractivity contribution in [2.45, 2.75) is 6.61 Å². The number of halogens is 1. The normalized spacial score (nSPS) is 10.4. The van der Waals surface area contributed by atoms with Crippen molar-refractivity contribution in [1.29, 1.82) is 0 Å². The highest BCUT2D eigenvalue weighted by Crippen LogP contribution is 2.31. The van der Waals surface area contributed by atoms with Crippen molar-refractivity contribution in [1.82, 2.24) is 0 Å². The lowest BCUT2D eigenvalue weighted by molar-refractivity contribution is 0.0696. The second-order valence-corrected chi connectivity index (χ2v) is 5.30. The van der Waals surface area contributed by atoms with Gasteiger partial charge < -0.3 is 9.84 Å². The molecule has 0 saturated heterocycles. The lowest BCUT2D eigenvalue weighted by Gasteiger charge is -2.12. The maximum Gasteiger partial charge on any atom is 0.335 e. The summed E-state index contributed by atoms with van der Waals surface area (Å²) in [6.07, 6.45) is 0. The van der Waals surface area contributed by atoms with Gasteiger partial charge in [-0.2, -0.15) is 0 Å². The van der Waals surface area contributed by atoms with E-state index in [0.29, 0.717) is 23.5 Å². The number of rotatable bonds is 5. The Balaban J connectivity index is 1.93. The average Bonchev–Trinajstić information content (AvgIpc) is 2.60. The molecule has 120 valence electrons. The smallest absolute Gasteiger partial charge is 0.335 e. The van der Waals surface area contributed by atoms with Gasteiger partial charge in [0.05, 0.1) is 5.56 Å². The third kappa shape index (κ3) is 3.60. The SMILES string of the molecule is O=C(O)c1cc(F)cc(-c2ccccc2OCc2ccccc2)c1. The second kappa shape index (κ2) is 6.96. The number of carboxylic acids is 1. The second-order valence-electron chi connectivity index (χ2n) is 5.30. The number of carbonyl (C=O) groups is 1. The summed E-state index contributed by atoms with van der Waals surface area (Å²) in [5.74, 6) is -1.19. The van der Waals surface area contributed by atoms with E-state index in [9.17, 15) is 9.18 Å². The molecule has 0 spiro atoms. The van der Waals surface area contributed by atoms with Crippen LogP contribution in [-0.2, 0) is 6.61 Å². The molecule has 3 rings (SSSR count). The van der Waals surface area contributed by atoms with Crippen LogP contribution in [-0.4, -0.2) is 11.1 Å². The van der Waals surface area contributed by atoms with Gasteiger partial charge in [-0.25, -0.2) is 9.18 Å². The van der Waals surface area contributed by atoms with Crippen molar-refractivity contribution in [3.8, 4) is 16.9 Å². The van der Waals surface area contributed by atoms with Crippen LogP contribution in [0.25, 0.3) is 11.1 Å². The predicted molar refractivity (Wildman–Crippen MR) is 89.6 cm³/mol. The minimum atomic E-state index is -1.17. The van der Waals surface area contributed by atoms with Crippen molar-refractivity contribution in [3.05, 3.63) is 89.7 Å². The van der Waals surface area contributed by atoms with Crippen LogP contribution < -0.4 is 4.74 Å². The zero-order valence-electron chi connectivity index (χ0n) is 12.8. The highest BCUT2D eigenvalue weighted by molar-refractivity contribution is 5.89. The maximum absolute atomic E-state index is 13.8. The van der Waals surface area contributed by atoms with Gasteiger partial charge in [0, 0.05) is 5.56 Å². The van der Waals surface area contributed by atoms with Crippen LogP contribution in [0.4, 0.5) is 4.39 Å². The van der Waals surface area contributed by atoms with Gasteiger partial charge in [0.1, 0.15) is 18.2 Å². The van der Waals surface area contributed by atoms with Gasteiger partial charge in [0.2, 0.25) is 0 Å². The first-order chi connectivity index (χ1) is 11.6. The van der Waals surface area contributed by atoms with Crippen LogP contribution in [0, 0.1) is 5.82 Å². The molecule has 0 unspecified atom stereocenters. The highest BCUT2D eigenvalue weighted by atomic mass is 19.1. The number of benzene rings is 3. The number of hydrogen-bond acceptors (Lipinski definition) is 2. The summed E-state index contributed by atoms with van der Waals surface area (Å²) in [7, 11) is 0. The molecule has 0 heterocycles. The number of para-hydroxylation sites is 1. The highest BCUT2D eigenvalue weighted by Gasteiger charge is 2.12. The maximum atomic E-state index is 13.8. The van der Waals surface area contributed by atoms with Gasteiger partial charge in [-0.05, 0) is 35.4 Å². The summed E-state index contributed by atoms with van der Waals surface area (Å²) in [5, 5.41) is 9.10. The Morgan fingerprint density at radius 1 is 0.958 bits per heavy atom. The lowest BCUT2D eigenvalue weighted by Crippen LogP contribution is -1.99. The molecule has 0 radical (unpaired) electrons. The predicted octanol–water partition coefficient (Wildman–Crippen LogP) is 4.77. The first kappa shape index (κ1) is 15.7. The van der Waals surface area contributed by atoms with E-state index in [2.05, 4.69) is 0 Å². The number of aromatic carboxylic acids is 1. The molecule has 1 N–H and O–H groups in total. The van der Waals surface area contributed by atoms with Crippen molar-refractivity contribution < 1.29 is 19.0 Å². The van der Waals surface area contributed by atoms with E-state index in [1.165, 1.54) is 12.1 Å². The topological polar surface area (TPSA) is 46.5 Å². The van der Waals surface area contributed by atoms with Crippen LogP contribution in [0.1, 0.15) is 15.9 Å². The molecule has 3 aromatic rings. The fourth-order valence-corrected chi connectivity index (χ4v) is 2.43. The summed E-state index contributed by atoms with van der Waals surface area (Å²) in [6, 6.07) is 20.6. The largest absolute Gasteiger partial charge is 0.488 e. The number of carboxylic acid groups (broad SMARTS) is 1. The molecular weight excluding hydrogens is 307 g/mol. The summed E-state index contributed by atoms with van der Waals surface area (Å²) in [4.78, 5) is 11.1. The summed E-state index contributed by atoms with van der Waals surface area (Å²) >= 11 is 0. The van der Waals surface area contributed by atoms with Crippen molar-refractivity contribution >= 4 is 5.97 Å². The number of ether oxygens (including phenoxy) is 1. The Morgan fingerprint density at radius 2 is 1.67 bits per heavy atom. The molecule has 24 heavy (non-hydrogen) atoms. The van der Waals surface area contributed by atoms with E-state index >= 15 is 0 Å². The van der Waals surface area contributed by atoms with Gasteiger partial charge in [-0.1, -0.05) is 48.5 Å². The van der Waals surface area contributed by atoms with Crippen LogP contribution in [0.5, 0.6) is 5.75 Å². The van der Waals surface area contributed by atoms with E-state index in [1.54, 1.807) is 18.2 Å². The Hall–Kier alpha value is -3.14. The Kier molecular flexibility index (Phi) is 4.57. The van der Waals surface area contributed by atoms with Gasteiger partial charge in [0.25, 0.3) is 0 Å². The monoisotopic (exact) mass is 322 g/mol. The first-order valence-electron chi connectivity index (χ1n) is 7.43. The molecule has 0 saturated carbocycles. The summed E-state index contributed by atoms with van der Waals surface area (Å²) in [6.45, 7) is 0.374. The molecular formula is C20H15FO3. The molecule has 0 aliphatic carbocycles. The standard InChI is InChI=1S/C20H15FO3/c21-17-11-15(10-16(12-17)20(22)23)18-8-4-5-9-19(18)24-13-14-6-2-1-3-7-14/h1-12H,13H2,(H,22,23). The summed E-state index contributed by atoms with van der Waals surface area (Å²) < 4.78 is 19.6. The Morgan fingerprint density at radius 3 is 2.42 bits per heavy atom. The molecule has 0 amide bonds. The van der Waals surface area contributed by atoms with Crippen LogP contribution in [0.15, 0.2) is 72.8 Å². The molecule has 4 heteroatoms. The molecule has 0 atom stereocenters. The third-order valence-electron chi connectivity index (χ3n) is 3.58. The van der Waals surface area contributed by atoms with E-state index in [0.717, 1.165) is 11.6 Å². The van der Waals surface area contributed by atoms with Crippen LogP contribution in [0.2, 0.25) is 0 Å². The average molecular weight is 322 g/mol. The summed E-state index contributed by atoms with van der Waals surface area (Å²) in [5.41, 5.74) is 2.03. The fraction of sp³-hybridized carbons (Fsp3) is 0.0500. The lowest BCUT2D eigenvalue weighted by atomic mass is 10.0. The zero-order chi connectivity index (χ0) is 16.9. The van der Waals surface area contributed by atoms with Crippen molar-refractivity contribution in [2.75, 3.05) is 0 Å². The van der Waals surface area contributed by atoms with Crippen molar-refractivity contribution in [2.24, 2.45) is 0 Å². The Bertz CT molecular complexity index is 860. The molecule has 3 nitrogen and oxygen atoms in total. The van der Waals surface area contributed by atoms with E-state index in [4.69, 9.17) is 9.84 Å². The van der Waals surface area contributed by atoms with E-state index < -0.39 is 11.8 Å². The molecule has 0 aliphatic rings. The van der Waals surface area contributed by atoms with E-state index in [-0.39, 0.29) is 5.56 Å². The van der Waals surface area contributed by atoms with Crippen LogP contribution in [0.3, 0.4) is 0 Å². The minimum Gasteiger partial charge on any atom is -0.488 e. The molecule has 0 bridgehead atoms. The molecule has 0 aromatic heterocycles. The minimum absolute atomic E-state index is 0.0946.